The molecule has 0 unspecified atom stereocenters. The van der Waals surface area contributed by atoms with Gasteiger partial charge in [-0.25, -0.2) is 9.97 Å². The largest absolute Gasteiger partial charge is 0.327 e. The first kappa shape index (κ1) is 31.3. The highest BCUT2D eigenvalue weighted by Crippen LogP contribution is 2.35. The molecule has 0 spiro atoms. The topological polar surface area (TPSA) is 100 Å². The van der Waals surface area contributed by atoms with E-state index >= 15 is 0 Å². The number of carbonyl (C=O) groups excluding carboxylic acids is 2. The van der Waals surface area contributed by atoms with E-state index in [1.165, 1.54) is 19.3 Å². The van der Waals surface area contributed by atoms with E-state index in [1.807, 2.05) is 61.3 Å². The van der Waals surface area contributed by atoms with Gasteiger partial charge in [0.2, 0.25) is 0 Å². The van der Waals surface area contributed by atoms with Crippen molar-refractivity contribution in [1.82, 2.24) is 28.9 Å². The summed E-state index contributed by atoms with van der Waals surface area (Å²) in [7, 11) is 3.89. The summed E-state index contributed by atoms with van der Waals surface area (Å²) >= 11 is 0. The number of imidazole rings is 2. The van der Waals surface area contributed by atoms with Crippen molar-refractivity contribution in [1.29, 1.82) is 0 Å². The molecule has 0 atom stereocenters. The SMILES string of the molecule is CCCN1CCc2c(nc(C(=O)Nc3cccc(-c4cccc(NC(=O)c5nc6c(n5C)CCN(C5CCC5)C6)c4C)c3C)n2C)C1. The van der Waals surface area contributed by atoms with Crippen LogP contribution in [0.2, 0.25) is 0 Å². The van der Waals surface area contributed by atoms with Crippen molar-refractivity contribution in [2.75, 3.05) is 30.3 Å². The lowest BCUT2D eigenvalue weighted by molar-refractivity contribution is 0.100. The molecule has 0 saturated heterocycles. The van der Waals surface area contributed by atoms with Crippen molar-refractivity contribution in [3.63, 3.8) is 0 Å². The number of benzene rings is 2. The van der Waals surface area contributed by atoms with Crippen LogP contribution in [0.25, 0.3) is 11.1 Å². The lowest BCUT2D eigenvalue weighted by atomic mass is 9.90. The smallest absolute Gasteiger partial charge is 0.291 e. The molecule has 4 heterocycles. The van der Waals surface area contributed by atoms with Gasteiger partial charge in [-0.1, -0.05) is 37.6 Å². The number of hydrogen-bond acceptors (Lipinski definition) is 6. The van der Waals surface area contributed by atoms with Crippen LogP contribution in [0, 0.1) is 13.8 Å². The molecule has 3 aliphatic rings. The van der Waals surface area contributed by atoms with Gasteiger partial charge < -0.3 is 19.8 Å². The molecule has 1 aliphatic carbocycles. The highest BCUT2D eigenvalue weighted by molar-refractivity contribution is 6.04. The molecule has 1 saturated carbocycles. The van der Waals surface area contributed by atoms with E-state index in [9.17, 15) is 9.59 Å². The molecule has 2 aromatic heterocycles. The van der Waals surface area contributed by atoms with Crippen LogP contribution < -0.4 is 10.6 Å². The van der Waals surface area contributed by atoms with Gasteiger partial charge in [0.1, 0.15) is 0 Å². The van der Waals surface area contributed by atoms with E-state index < -0.39 is 0 Å². The summed E-state index contributed by atoms with van der Waals surface area (Å²) in [5, 5.41) is 6.29. The van der Waals surface area contributed by atoms with Crippen LogP contribution in [0.4, 0.5) is 11.4 Å². The second-order valence-corrected chi connectivity index (χ2v) is 13.5. The first-order chi connectivity index (χ1) is 22.7. The fourth-order valence-electron chi connectivity index (χ4n) is 7.59. The molecule has 4 aromatic rings. The predicted molar refractivity (Wildman–Crippen MR) is 185 cm³/mol. The molecule has 7 rings (SSSR count). The molecule has 2 N–H and O–H groups in total. The third-order valence-corrected chi connectivity index (χ3v) is 10.6. The lowest BCUT2D eigenvalue weighted by Crippen LogP contribution is -2.43. The van der Waals surface area contributed by atoms with Crippen molar-refractivity contribution in [2.24, 2.45) is 14.1 Å². The van der Waals surface area contributed by atoms with E-state index in [0.29, 0.717) is 17.7 Å². The average molecular weight is 635 g/mol. The maximum Gasteiger partial charge on any atom is 0.291 e. The lowest BCUT2D eigenvalue weighted by Gasteiger charge is -2.39. The summed E-state index contributed by atoms with van der Waals surface area (Å²) < 4.78 is 3.92. The van der Waals surface area contributed by atoms with Crippen molar-refractivity contribution in [2.45, 2.75) is 78.4 Å². The molecule has 47 heavy (non-hydrogen) atoms. The van der Waals surface area contributed by atoms with Crippen LogP contribution in [0.5, 0.6) is 0 Å². The molecule has 2 aliphatic heterocycles. The zero-order valence-electron chi connectivity index (χ0n) is 28.3. The van der Waals surface area contributed by atoms with Gasteiger partial charge in [-0.05, 0) is 74.0 Å². The van der Waals surface area contributed by atoms with Gasteiger partial charge in [-0.2, -0.15) is 0 Å². The molecule has 10 nitrogen and oxygen atoms in total. The van der Waals surface area contributed by atoms with Crippen LogP contribution >= 0.6 is 0 Å². The molecular formula is C37H46N8O2. The second-order valence-electron chi connectivity index (χ2n) is 13.5. The molecule has 246 valence electrons. The zero-order chi connectivity index (χ0) is 32.8. The highest BCUT2D eigenvalue weighted by Gasteiger charge is 2.32. The summed E-state index contributed by atoms with van der Waals surface area (Å²) in [6.45, 7) is 10.9. The Bertz CT molecular complexity index is 1850. The molecule has 0 bridgehead atoms. The van der Waals surface area contributed by atoms with Crippen LogP contribution in [0.3, 0.4) is 0 Å². The normalized spacial score (nSPS) is 16.8. The first-order valence-corrected chi connectivity index (χ1v) is 17.1. The Morgan fingerprint density at radius 1 is 0.787 bits per heavy atom. The summed E-state index contributed by atoms with van der Waals surface area (Å²) in [5.41, 5.74) is 9.71. The van der Waals surface area contributed by atoms with Gasteiger partial charge in [0.25, 0.3) is 11.8 Å². The maximum atomic E-state index is 13.6. The molecule has 1 fully saturated rings. The van der Waals surface area contributed by atoms with E-state index in [1.54, 1.807) is 0 Å². The van der Waals surface area contributed by atoms with Gasteiger partial charge in [0.15, 0.2) is 11.6 Å². The maximum absolute atomic E-state index is 13.6. The third kappa shape index (κ3) is 5.78. The van der Waals surface area contributed by atoms with E-state index in [-0.39, 0.29) is 11.8 Å². The number of anilines is 2. The fourth-order valence-corrected chi connectivity index (χ4v) is 7.59. The van der Waals surface area contributed by atoms with Crippen molar-refractivity contribution < 1.29 is 9.59 Å². The van der Waals surface area contributed by atoms with Crippen LogP contribution in [-0.4, -0.2) is 66.4 Å². The number of aromatic nitrogens is 4. The number of nitrogens with one attached hydrogen (secondary N) is 2. The third-order valence-electron chi connectivity index (χ3n) is 10.6. The van der Waals surface area contributed by atoms with Crippen LogP contribution in [0.15, 0.2) is 36.4 Å². The Morgan fingerprint density at radius 2 is 1.32 bits per heavy atom. The van der Waals surface area contributed by atoms with E-state index in [4.69, 9.17) is 9.97 Å². The van der Waals surface area contributed by atoms with Crippen molar-refractivity contribution in [3.8, 4) is 11.1 Å². The minimum absolute atomic E-state index is 0.203. The number of nitrogens with zero attached hydrogens (tertiary/aromatic N) is 6. The number of amides is 2. The Balaban J connectivity index is 1.09. The molecule has 10 heteroatoms. The van der Waals surface area contributed by atoms with Gasteiger partial charge in [0, 0.05) is 81.9 Å². The average Bonchev–Trinajstić information content (AvgIpc) is 3.54. The van der Waals surface area contributed by atoms with E-state index in [2.05, 4.69) is 39.5 Å². The van der Waals surface area contributed by atoms with E-state index in [0.717, 1.165) is 108 Å². The second kappa shape index (κ2) is 12.7. The molecular weight excluding hydrogens is 588 g/mol. The summed E-state index contributed by atoms with van der Waals surface area (Å²) in [5.74, 6) is 0.470. The number of hydrogen-bond donors (Lipinski definition) is 2. The fraction of sp³-hybridized carbons (Fsp3) is 0.459. The minimum atomic E-state index is -0.213. The minimum Gasteiger partial charge on any atom is -0.327 e. The quantitative estimate of drug-likeness (QED) is 0.261. The summed E-state index contributed by atoms with van der Waals surface area (Å²) in [6, 6.07) is 12.6. The number of fused-ring (bicyclic) bond motifs is 2. The van der Waals surface area contributed by atoms with Crippen LogP contribution in [-0.2, 0) is 40.0 Å². The Hall–Kier alpha value is -4.28. The van der Waals surface area contributed by atoms with Crippen molar-refractivity contribution >= 4 is 23.2 Å². The van der Waals surface area contributed by atoms with Gasteiger partial charge >= 0.3 is 0 Å². The monoisotopic (exact) mass is 634 g/mol. The van der Waals surface area contributed by atoms with Crippen molar-refractivity contribution in [3.05, 3.63) is 81.9 Å². The Morgan fingerprint density at radius 3 is 1.83 bits per heavy atom. The number of rotatable bonds is 8. The standard InChI is InChI=1S/C37H46N8O2/c1-6-18-44-19-16-32-30(21-44)38-34(42(32)4)36(46)40-28-14-8-12-26(23(28)2)27-13-9-15-29(24(27)3)41-37(47)35-39-31-22-45(25-10-7-11-25)20-17-33(31)43(35)5/h8-9,12-15,25H,6-7,10-11,16-22H2,1-5H3,(H,40,46)(H,41,47). The van der Waals surface area contributed by atoms with Gasteiger partial charge in [0.05, 0.1) is 11.4 Å². The first-order valence-electron chi connectivity index (χ1n) is 17.1. The highest BCUT2D eigenvalue weighted by atomic mass is 16.2. The Kier molecular flexibility index (Phi) is 8.48. The number of carbonyl (C=O) groups is 2. The molecule has 2 amide bonds. The van der Waals surface area contributed by atoms with Crippen LogP contribution in [0.1, 0.15) is 87.7 Å². The predicted octanol–water partition coefficient (Wildman–Crippen LogP) is 5.62. The summed E-state index contributed by atoms with van der Waals surface area (Å²) in [6.07, 6.45) is 6.77. The van der Waals surface area contributed by atoms with Gasteiger partial charge in [-0.3, -0.25) is 19.4 Å². The molecule has 0 radical (unpaired) electrons. The summed E-state index contributed by atoms with van der Waals surface area (Å²) in [4.78, 5) is 41.7. The van der Waals surface area contributed by atoms with Gasteiger partial charge in [-0.15, -0.1) is 0 Å². The zero-order valence-corrected chi connectivity index (χ0v) is 28.3. The molecule has 2 aromatic carbocycles. The Labute approximate surface area is 277 Å².